The van der Waals surface area contributed by atoms with E-state index in [1.165, 1.54) is 0 Å². The number of aliphatic carboxylic acids is 1. The molecule has 0 aliphatic carbocycles. The minimum Gasteiger partial charge on any atom is -0.497 e. The van der Waals surface area contributed by atoms with Gasteiger partial charge in [-0.25, -0.2) is 0 Å². The Hall–Kier alpha value is -3.80. The first-order valence-electron chi connectivity index (χ1n) is 11.5. The van der Waals surface area contributed by atoms with Crippen molar-refractivity contribution in [3.05, 3.63) is 83.9 Å². The van der Waals surface area contributed by atoms with Crippen LogP contribution in [0.5, 0.6) is 11.5 Å². The van der Waals surface area contributed by atoms with Crippen molar-refractivity contribution in [1.29, 1.82) is 0 Å². The van der Waals surface area contributed by atoms with Crippen LogP contribution in [-0.4, -0.2) is 37.2 Å². The van der Waals surface area contributed by atoms with Crippen molar-refractivity contribution in [1.82, 2.24) is 5.32 Å². The van der Waals surface area contributed by atoms with E-state index in [9.17, 15) is 9.59 Å². The van der Waals surface area contributed by atoms with Crippen molar-refractivity contribution in [2.75, 3.05) is 20.3 Å². The van der Waals surface area contributed by atoms with Crippen molar-refractivity contribution in [3.63, 3.8) is 0 Å². The number of hydrogen-bond acceptors (Lipinski definition) is 4. The summed E-state index contributed by atoms with van der Waals surface area (Å²) < 4.78 is 11.2. The van der Waals surface area contributed by atoms with Gasteiger partial charge < -0.3 is 19.9 Å². The predicted octanol–water partition coefficient (Wildman–Crippen LogP) is 5.16. The number of rotatable bonds is 13. The molecule has 6 heteroatoms. The second kappa shape index (κ2) is 13.0. The van der Waals surface area contributed by atoms with Crippen LogP contribution in [-0.2, 0) is 16.0 Å². The van der Waals surface area contributed by atoms with Gasteiger partial charge in [-0.05, 0) is 54.8 Å². The molecule has 0 bridgehead atoms. The van der Waals surface area contributed by atoms with Crippen LogP contribution in [0, 0.1) is 0 Å². The summed E-state index contributed by atoms with van der Waals surface area (Å²) in [6, 6.07) is 21.6. The number of benzene rings is 3. The number of hydrogen-bond donors (Lipinski definition) is 2. The molecule has 0 fully saturated rings. The highest BCUT2D eigenvalue weighted by Gasteiger charge is 2.11. The smallest absolute Gasteiger partial charge is 0.303 e. The van der Waals surface area contributed by atoms with Crippen LogP contribution >= 0.6 is 0 Å². The molecule has 0 aliphatic rings. The zero-order chi connectivity index (χ0) is 24.2. The number of carbonyl (C=O) groups is 2. The topological polar surface area (TPSA) is 84.9 Å². The van der Waals surface area contributed by atoms with Crippen molar-refractivity contribution in [2.45, 2.75) is 32.1 Å². The molecule has 0 radical (unpaired) electrons. The second-order valence-electron chi connectivity index (χ2n) is 7.99. The third-order valence-electron chi connectivity index (χ3n) is 5.52. The molecule has 3 rings (SSSR count). The average molecular weight is 462 g/mol. The van der Waals surface area contributed by atoms with Gasteiger partial charge >= 0.3 is 5.97 Å². The zero-order valence-corrected chi connectivity index (χ0v) is 19.5. The lowest BCUT2D eigenvalue weighted by molar-refractivity contribution is -0.137. The summed E-state index contributed by atoms with van der Waals surface area (Å²) in [6.45, 7) is 0.636. The fourth-order valence-corrected chi connectivity index (χ4v) is 3.62. The summed E-state index contributed by atoms with van der Waals surface area (Å²) in [6.07, 6.45) is 4.57. The lowest BCUT2D eigenvalue weighted by Gasteiger charge is -2.13. The molecule has 0 heterocycles. The maximum atomic E-state index is 12.9. The van der Waals surface area contributed by atoms with Gasteiger partial charge in [0.05, 0.1) is 12.7 Å². The molecule has 0 unspecified atom stereocenters. The SMILES string of the molecule is COc1ccc(CCNC(=O)/C(=C/CCCCC(=O)O)COc2cccc3ccccc23)cc1. The van der Waals surface area contributed by atoms with Gasteiger partial charge in [0.2, 0.25) is 5.91 Å². The predicted molar refractivity (Wildman–Crippen MR) is 133 cm³/mol. The van der Waals surface area contributed by atoms with Crippen LogP contribution < -0.4 is 14.8 Å². The third-order valence-corrected chi connectivity index (χ3v) is 5.52. The number of ether oxygens (including phenoxy) is 2. The van der Waals surface area contributed by atoms with Crippen LogP contribution in [0.2, 0.25) is 0 Å². The standard InChI is InChI=1S/C28H31NO5/c1-33-24-16-14-21(15-17-24)18-19-29-28(32)23(9-3-2-4-13-27(30)31)20-34-26-12-7-10-22-8-5-6-11-25(22)26/h5-12,14-17H,2-4,13,18-20H2,1H3,(H,29,32)(H,30,31)/b23-9+. The summed E-state index contributed by atoms with van der Waals surface area (Å²) in [7, 11) is 1.63. The van der Waals surface area contributed by atoms with Crippen molar-refractivity contribution < 1.29 is 24.2 Å². The van der Waals surface area contributed by atoms with Gasteiger partial charge in [0, 0.05) is 18.4 Å². The van der Waals surface area contributed by atoms with E-state index in [1.54, 1.807) is 7.11 Å². The molecule has 1 amide bonds. The summed E-state index contributed by atoms with van der Waals surface area (Å²) in [4.78, 5) is 23.7. The third kappa shape index (κ3) is 7.66. The summed E-state index contributed by atoms with van der Waals surface area (Å²) in [5.41, 5.74) is 1.64. The highest BCUT2D eigenvalue weighted by atomic mass is 16.5. The normalized spacial score (nSPS) is 11.3. The molecule has 0 atom stereocenters. The second-order valence-corrected chi connectivity index (χ2v) is 7.99. The lowest BCUT2D eigenvalue weighted by Crippen LogP contribution is -2.29. The molecule has 2 N–H and O–H groups in total. The maximum Gasteiger partial charge on any atom is 0.303 e. The van der Waals surface area contributed by atoms with E-state index in [1.807, 2.05) is 72.8 Å². The van der Waals surface area contributed by atoms with E-state index in [2.05, 4.69) is 5.32 Å². The Balaban J connectivity index is 1.61. The maximum absolute atomic E-state index is 12.9. The van der Waals surface area contributed by atoms with E-state index in [0.29, 0.717) is 37.8 Å². The minimum atomic E-state index is -0.806. The van der Waals surface area contributed by atoms with Crippen LogP contribution in [0.15, 0.2) is 78.4 Å². The van der Waals surface area contributed by atoms with E-state index in [-0.39, 0.29) is 18.9 Å². The van der Waals surface area contributed by atoms with Gasteiger partial charge in [-0.3, -0.25) is 9.59 Å². The van der Waals surface area contributed by atoms with Crippen molar-refractivity contribution in [2.24, 2.45) is 0 Å². The molecule has 0 aliphatic heterocycles. The summed E-state index contributed by atoms with van der Waals surface area (Å²) in [5, 5.41) is 13.9. The molecule has 3 aromatic carbocycles. The average Bonchev–Trinajstić information content (AvgIpc) is 2.85. The number of carboxylic acid groups (broad SMARTS) is 1. The first-order chi connectivity index (χ1) is 16.6. The number of nitrogens with one attached hydrogen (secondary N) is 1. The monoisotopic (exact) mass is 461 g/mol. The minimum absolute atomic E-state index is 0.129. The number of amides is 1. The van der Waals surface area contributed by atoms with Gasteiger partial charge in [-0.15, -0.1) is 0 Å². The fraction of sp³-hybridized carbons (Fsp3) is 0.286. The Morgan fingerprint density at radius 2 is 1.74 bits per heavy atom. The van der Waals surface area contributed by atoms with Gasteiger partial charge in [-0.1, -0.05) is 54.6 Å². The molecule has 0 spiro atoms. The first-order valence-corrected chi connectivity index (χ1v) is 11.5. The van der Waals surface area contributed by atoms with E-state index < -0.39 is 5.97 Å². The number of allylic oxidation sites excluding steroid dienone is 1. The van der Waals surface area contributed by atoms with Gasteiger partial charge in [0.15, 0.2) is 0 Å². The Bertz CT molecular complexity index is 1120. The molecule has 6 nitrogen and oxygen atoms in total. The quantitative estimate of drug-likeness (QED) is 0.271. The lowest BCUT2D eigenvalue weighted by atomic mass is 10.1. The Labute approximate surface area is 200 Å². The molecular weight excluding hydrogens is 430 g/mol. The number of carboxylic acids is 1. The molecule has 0 saturated carbocycles. The fourth-order valence-electron chi connectivity index (χ4n) is 3.62. The highest BCUT2D eigenvalue weighted by molar-refractivity contribution is 5.94. The zero-order valence-electron chi connectivity index (χ0n) is 19.5. The number of fused-ring (bicyclic) bond motifs is 1. The molecular formula is C28H31NO5. The molecule has 3 aromatic rings. The van der Waals surface area contributed by atoms with Crippen LogP contribution in [0.1, 0.15) is 31.2 Å². The molecule has 178 valence electrons. The largest absolute Gasteiger partial charge is 0.497 e. The van der Waals surface area contributed by atoms with E-state index in [4.69, 9.17) is 14.6 Å². The van der Waals surface area contributed by atoms with Gasteiger partial charge in [-0.2, -0.15) is 0 Å². The van der Waals surface area contributed by atoms with Gasteiger partial charge in [0.25, 0.3) is 0 Å². The summed E-state index contributed by atoms with van der Waals surface area (Å²) in [5.74, 6) is 0.541. The van der Waals surface area contributed by atoms with Crippen LogP contribution in [0.4, 0.5) is 0 Å². The van der Waals surface area contributed by atoms with Crippen molar-refractivity contribution >= 4 is 22.6 Å². The van der Waals surface area contributed by atoms with Crippen LogP contribution in [0.3, 0.4) is 0 Å². The number of methoxy groups -OCH3 is 1. The van der Waals surface area contributed by atoms with Gasteiger partial charge in [0.1, 0.15) is 18.1 Å². The molecule has 0 saturated heterocycles. The molecule has 34 heavy (non-hydrogen) atoms. The molecule has 0 aromatic heterocycles. The van der Waals surface area contributed by atoms with Crippen molar-refractivity contribution in [3.8, 4) is 11.5 Å². The first kappa shape index (κ1) is 24.8. The van der Waals surface area contributed by atoms with E-state index in [0.717, 1.165) is 27.8 Å². The number of unbranched alkanes of at least 4 members (excludes halogenated alkanes) is 2. The Morgan fingerprint density at radius 3 is 2.50 bits per heavy atom. The van der Waals surface area contributed by atoms with Crippen LogP contribution in [0.25, 0.3) is 10.8 Å². The summed E-state index contributed by atoms with van der Waals surface area (Å²) >= 11 is 0. The van der Waals surface area contributed by atoms with E-state index >= 15 is 0 Å². The highest BCUT2D eigenvalue weighted by Crippen LogP contribution is 2.25. The number of carbonyl (C=O) groups excluding carboxylic acids is 1. The Kier molecular flexibility index (Phi) is 9.52. The Morgan fingerprint density at radius 1 is 0.971 bits per heavy atom.